The van der Waals surface area contributed by atoms with E-state index < -0.39 is 23.3 Å². The number of ether oxygens (including phenoxy) is 2. The molecule has 0 radical (unpaired) electrons. The molecule has 0 bridgehead atoms. The van der Waals surface area contributed by atoms with Crippen LogP contribution in [0, 0.1) is 12.8 Å². The van der Waals surface area contributed by atoms with Crippen LogP contribution in [0.3, 0.4) is 0 Å². The van der Waals surface area contributed by atoms with Crippen molar-refractivity contribution < 1.29 is 24.2 Å². The quantitative estimate of drug-likeness (QED) is 0.197. The van der Waals surface area contributed by atoms with Crippen molar-refractivity contribution in [3.8, 4) is 11.5 Å². The summed E-state index contributed by atoms with van der Waals surface area (Å²) in [5, 5.41) is 11.4. The first-order valence-corrected chi connectivity index (χ1v) is 13.3. The zero-order valence-electron chi connectivity index (χ0n) is 23.5. The number of Topliss-reactive ketones (excluding diaryl/α,β-unsaturated/α-hetero) is 1. The van der Waals surface area contributed by atoms with E-state index >= 15 is 0 Å². The number of hydrogen-bond acceptors (Lipinski definition) is 5. The van der Waals surface area contributed by atoms with Crippen LogP contribution < -0.4 is 9.47 Å². The van der Waals surface area contributed by atoms with Crippen molar-refractivity contribution in [2.75, 3.05) is 6.61 Å². The number of likely N-dealkylation sites (tertiary alicyclic amines) is 1. The summed E-state index contributed by atoms with van der Waals surface area (Å²) >= 11 is 0. The summed E-state index contributed by atoms with van der Waals surface area (Å²) in [5.74, 6) is 0.108. The summed E-state index contributed by atoms with van der Waals surface area (Å²) in [5.41, 5.74) is 2.59. The van der Waals surface area contributed by atoms with E-state index in [4.69, 9.17) is 9.47 Å². The summed E-state index contributed by atoms with van der Waals surface area (Å²) < 4.78 is 11.9. The Hall–Kier alpha value is -4.06. The fraction of sp³-hybridized carbons (Fsp3) is 0.333. The molecule has 3 aromatic rings. The minimum atomic E-state index is -0.760. The van der Waals surface area contributed by atoms with Crippen LogP contribution in [0.1, 0.15) is 62.9 Å². The van der Waals surface area contributed by atoms with Gasteiger partial charge in [-0.2, -0.15) is 0 Å². The van der Waals surface area contributed by atoms with Crippen molar-refractivity contribution in [2.24, 2.45) is 5.92 Å². The molecule has 0 saturated carbocycles. The topological polar surface area (TPSA) is 76.1 Å². The summed E-state index contributed by atoms with van der Waals surface area (Å²) in [6, 6.07) is 21.4. The van der Waals surface area contributed by atoms with Crippen LogP contribution in [0.25, 0.3) is 5.76 Å². The highest BCUT2D eigenvalue weighted by Gasteiger charge is 2.46. The van der Waals surface area contributed by atoms with E-state index in [9.17, 15) is 14.7 Å². The van der Waals surface area contributed by atoms with Crippen molar-refractivity contribution in [3.05, 3.63) is 101 Å². The summed E-state index contributed by atoms with van der Waals surface area (Å²) in [6.45, 7) is 12.7. The van der Waals surface area contributed by atoms with Crippen molar-refractivity contribution in [2.45, 2.75) is 59.7 Å². The number of hydrogen-bond donors (Lipinski definition) is 1. The number of carbonyl (C=O) groups is 2. The number of rotatable bonds is 8. The summed E-state index contributed by atoms with van der Waals surface area (Å²) in [4.78, 5) is 28.5. The maximum atomic E-state index is 13.5. The molecular formula is C33H37NO5. The van der Waals surface area contributed by atoms with Gasteiger partial charge < -0.3 is 19.5 Å². The largest absolute Gasteiger partial charge is 0.507 e. The van der Waals surface area contributed by atoms with Gasteiger partial charge in [-0.1, -0.05) is 61.9 Å². The standard InChI is InChI=1S/C33H37NO5/c1-21(2)20-38-26-16-14-23(15-17-26)30(35)28-29(24-12-9-10-22(3)18-24)34(32(37)31(28)36)19-25-11-7-8-13-27(25)39-33(4,5)6/h7-18,21,29,35H,19-20H2,1-6H3/b30-28+. The molecule has 0 spiro atoms. The zero-order chi connectivity index (χ0) is 28.3. The first-order chi connectivity index (χ1) is 18.4. The van der Waals surface area contributed by atoms with Gasteiger partial charge in [0.15, 0.2) is 0 Å². The van der Waals surface area contributed by atoms with E-state index in [1.165, 1.54) is 4.90 Å². The number of benzene rings is 3. The third-order valence-electron chi connectivity index (χ3n) is 6.34. The smallest absolute Gasteiger partial charge is 0.295 e. The van der Waals surface area contributed by atoms with Crippen LogP contribution in [0.2, 0.25) is 0 Å². The molecule has 39 heavy (non-hydrogen) atoms. The van der Waals surface area contributed by atoms with Crippen LogP contribution in [0.15, 0.2) is 78.4 Å². The number of para-hydroxylation sites is 1. The first kappa shape index (κ1) is 28.0. The number of aliphatic hydroxyl groups is 1. The molecule has 1 saturated heterocycles. The van der Waals surface area contributed by atoms with Crippen LogP contribution >= 0.6 is 0 Å². The van der Waals surface area contributed by atoms with Gasteiger partial charge in [-0.05, 0) is 69.5 Å². The SMILES string of the molecule is Cc1cccc(C2/C(=C(\O)c3ccc(OCC(C)C)cc3)C(=O)C(=O)N2Cc2ccccc2OC(C)(C)C)c1. The Morgan fingerprint density at radius 3 is 2.31 bits per heavy atom. The van der Waals surface area contributed by atoms with Crippen molar-refractivity contribution in [3.63, 3.8) is 0 Å². The van der Waals surface area contributed by atoms with E-state index in [0.717, 1.165) is 16.7 Å². The van der Waals surface area contributed by atoms with Crippen LogP contribution in [-0.4, -0.2) is 33.9 Å². The molecule has 0 aromatic heterocycles. The highest BCUT2D eigenvalue weighted by Crippen LogP contribution is 2.41. The Morgan fingerprint density at radius 2 is 1.67 bits per heavy atom. The van der Waals surface area contributed by atoms with Gasteiger partial charge in [-0.15, -0.1) is 0 Å². The predicted octanol–water partition coefficient (Wildman–Crippen LogP) is 6.83. The zero-order valence-corrected chi connectivity index (χ0v) is 23.5. The molecule has 1 fully saturated rings. The van der Waals surface area contributed by atoms with Gasteiger partial charge in [0.05, 0.1) is 24.8 Å². The Bertz CT molecular complexity index is 1380. The van der Waals surface area contributed by atoms with E-state index in [1.807, 2.05) is 76.2 Å². The fourth-order valence-corrected chi connectivity index (χ4v) is 4.60. The molecule has 204 valence electrons. The predicted molar refractivity (Wildman–Crippen MR) is 153 cm³/mol. The molecule has 4 rings (SSSR count). The van der Waals surface area contributed by atoms with Gasteiger partial charge in [0, 0.05) is 11.1 Å². The van der Waals surface area contributed by atoms with E-state index in [2.05, 4.69) is 13.8 Å². The van der Waals surface area contributed by atoms with Crippen LogP contribution in [0.5, 0.6) is 11.5 Å². The van der Waals surface area contributed by atoms with Gasteiger partial charge >= 0.3 is 0 Å². The van der Waals surface area contributed by atoms with E-state index in [0.29, 0.717) is 29.6 Å². The van der Waals surface area contributed by atoms with Gasteiger partial charge in [0.1, 0.15) is 22.9 Å². The summed E-state index contributed by atoms with van der Waals surface area (Å²) in [7, 11) is 0. The lowest BCUT2D eigenvalue weighted by molar-refractivity contribution is -0.140. The fourth-order valence-electron chi connectivity index (χ4n) is 4.60. The maximum absolute atomic E-state index is 13.5. The van der Waals surface area contributed by atoms with E-state index in [-0.39, 0.29) is 17.9 Å². The molecule has 1 heterocycles. The van der Waals surface area contributed by atoms with Crippen molar-refractivity contribution in [1.29, 1.82) is 0 Å². The molecule has 1 aliphatic rings. The van der Waals surface area contributed by atoms with Crippen LogP contribution in [-0.2, 0) is 16.1 Å². The third-order valence-corrected chi connectivity index (χ3v) is 6.34. The lowest BCUT2D eigenvalue weighted by Gasteiger charge is -2.28. The van der Waals surface area contributed by atoms with Gasteiger partial charge in [0.25, 0.3) is 11.7 Å². The highest BCUT2D eigenvalue weighted by atomic mass is 16.5. The van der Waals surface area contributed by atoms with Crippen molar-refractivity contribution in [1.82, 2.24) is 4.90 Å². The minimum Gasteiger partial charge on any atom is -0.507 e. The Kier molecular flexibility index (Phi) is 8.14. The van der Waals surface area contributed by atoms with E-state index in [1.54, 1.807) is 24.3 Å². The van der Waals surface area contributed by atoms with Crippen molar-refractivity contribution >= 4 is 17.4 Å². The molecule has 1 unspecified atom stereocenters. The van der Waals surface area contributed by atoms with Gasteiger partial charge in [-0.25, -0.2) is 0 Å². The maximum Gasteiger partial charge on any atom is 0.295 e. The Labute approximate surface area is 230 Å². The molecular weight excluding hydrogens is 490 g/mol. The second kappa shape index (κ2) is 11.4. The second-order valence-corrected chi connectivity index (χ2v) is 11.4. The second-order valence-electron chi connectivity index (χ2n) is 11.4. The Balaban J connectivity index is 1.78. The molecule has 1 atom stereocenters. The monoisotopic (exact) mass is 527 g/mol. The normalized spacial score (nSPS) is 17.1. The third kappa shape index (κ3) is 6.51. The number of aryl methyl sites for hydroxylation is 1. The average molecular weight is 528 g/mol. The number of aliphatic hydroxyl groups excluding tert-OH is 1. The molecule has 6 heteroatoms. The highest BCUT2D eigenvalue weighted by molar-refractivity contribution is 6.46. The number of carbonyl (C=O) groups excluding carboxylic acids is 2. The Morgan fingerprint density at radius 1 is 0.974 bits per heavy atom. The number of amides is 1. The van der Waals surface area contributed by atoms with Crippen LogP contribution in [0.4, 0.5) is 0 Å². The molecule has 0 aliphatic carbocycles. The average Bonchev–Trinajstić information content (AvgIpc) is 3.12. The van der Waals surface area contributed by atoms with Gasteiger partial charge in [-0.3, -0.25) is 9.59 Å². The molecule has 6 nitrogen and oxygen atoms in total. The lowest BCUT2D eigenvalue weighted by atomic mass is 9.94. The first-order valence-electron chi connectivity index (χ1n) is 13.3. The lowest BCUT2D eigenvalue weighted by Crippen LogP contribution is -2.30. The molecule has 1 amide bonds. The number of ketones is 1. The minimum absolute atomic E-state index is 0.0654. The number of nitrogens with zero attached hydrogens (tertiary/aromatic N) is 1. The molecule has 3 aromatic carbocycles. The molecule has 1 aliphatic heterocycles. The summed E-state index contributed by atoms with van der Waals surface area (Å²) in [6.07, 6.45) is 0. The molecule has 1 N–H and O–H groups in total. The van der Waals surface area contributed by atoms with Gasteiger partial charge in [0.2, 0.25) is 0 Å².